The van der Waals surface area contributed by atoms with Crippen molar-refractivity contribution >= 4 is 23.3 Å². The second-order valence-electron chi connectivity index (χ2n) is 4.79. The van der Waals surface area contributed by atoms with Crippen molar-refractivity contribution in [3.63, 3.8) is 0 Å². The molecule has 0 aliphatic heterocycles. The summed E-state index contributed by atoms with van der Waals surface area (Å²) in [7, 11) is 1.57. The van der Waals surface area contributed by atoms with E-state index in [9.17, 15) is 4.79 Å². The Balaban J connectivity index is 1.84. The second kappa shape index (κ2) is 7.05. The van der Waals surface area contributed by atoms with Gasteiger partial charge in [0, 0.05) is 31.2 Å². The van der Waals surface area contributed by atoms with Gasteiger partial charge in [0.15, 0.2) is 5.82 Å². The third-order valence-corrected chi connectivity index (χ3v) is 3.52. The highest BCUT2D eigenvalue weighted by Crippen LogP contribution is 2.27. The van der Waals surface area contributed by atoms with Gasteiger partial charge in [0.05, 0.1) is 29.7 Å². The van der Waals surface area contributed by atoms with Crippen LogP contribution < -0.4 is 10.6 Å². The molecule has 0 aromatic carbocycles. The molecule has 9 heteroatoms. The summed E-state index contributed by atoms with van der Waals surface area (Å²) >= 11 is 6.21. The van der Waals surface area contributed by atoms with Gasteiger partial charge in [-0.15, -0.1) is 0 Å². The lowest BCUT2D eigenvalue weighted by atomic mass is 10.2. The molecule has 0 aliphatic rings. The van der Waals surface area contributed by atoms with Crippen molar-refractivity contribution in [1.29, 1.82) is 0 Å². The third-order valence-electron chi connectivity index (χ3n) is 3.22. The molecule has 24 heavy (non-hydrogen) atoms. The van der Waals surface area contributed by atoms with Crippen LogP contribution in [0.15, 0.2) is 43.1 Å². The molecule has 2 N–H and O–H groups in total. The summed E-state index contributed by atoms with van der Waals surface area (Å²) < 4.78 is 1.61. The number of hydrogen-bond donors (Lipinski definition) is 2. The number of nitrogens with zero attached hydrogens (tertiary/aromatic N) is 5. The average Bonchev–Trinajstić information content (AvgIpc) is 3.15. The fourth-order valence-corrected chi connectivity index (χ4v) is 2.17. The first-order valence-corrected chi connectivity index (χ1v) is 7.47. The summed E-state index contributed by atoms with van der Waals surface area (Å²) in [5.74, 6) is 0.986. The highest BCUT2D eigenvalue weighted by Gasteiger charge is 2.09. The molecule has 0 saturated heterocycles. The van der Waals surface area contributed by atoms with Gasteiger partial charge >= 0.3 is 0 Å². The zero-order valence-corrected chi connectivity index (χ0v) is 13.5. The Bertz CT molecular complexity index is 834. The molecule has 3 rings (SSSR count). The number of hydrogen-bond acceptors (Lipinski definition) is 6. The van der Waals surface area contributed by atoms with Crippen LogP contribution in [-0.4, -0.2) is 44.2 Å². The molecule has 3 heterocycles. The standard InChI is InChI=1S/C15H14ClN7O/c1-17-15(24)9-20-13-5-10(11(16)6-19-13)12-7-21-14(8-18-12)23-4-2-3-22-23/h2-8H,9H2,1H3,(H,17,24)(H,19,20). The normalized spacial score (nSPS) is 10.4. The van der Waals surface area contributed by atoms with Crippen molar-refractivity contribution in [2.24, 2.45) is 0 Å². The number of rotatable bonds is 5. The van der Waals surface area contributed by atoms with Crippen molar-refractivity contribution < 1.29 is 4.79 Å². The van der Waals surface area contributed by atoms with Gasteiger partial charge in [0.25, 0.3) is 0 Å². The molecule has 8 nitrogen and oxygen atoms in total. The van der Waals surface area contributed by atoms with Crippen LogP contribution >= 0.6 is 11.6 Å². The van der Waals surface area contributed by atoms with E-state index in [1.807, 2.05) is 0 Å². The average molecular weight is 344 g/mol. The number of anilines is 1. The Hall–Kier alpha value is -3.00. The number of aromatic nitrogens is 5. The van der Waals surface area contributed by atoms with Crippen LogP contribution in [-0.2, 0) is 4.79 Å². The van der Waals surface area contributed by atoms with E-state index >= 15 is 0 Å². The van der Waals surface area contributed by atoms with E-state index in [0.717, 1.165) is 0 Å². The topological polar surface area (TPSA) is 97.6 Å². The highest BCUT2D eigenvalue weighted by atomic mass is 35.5. The zero-order chi connectivity index (χ0) is 16.9. The van der Waals surface area contributed by atoms with Crippen LogP contribution in [0.2, 0.25) is 5.02 Å². The van der Waals surface area contributed by atoms with Crippen molar-refractivity contribution in [2.45, 2.75) is 0 Å². The fraction of sp³-hybridized carbons (Fsp3) is 0.133. The number of likely N-dealkylation sites (N-methyl/N-ethyl adjacent to an activating group) is 1. The predicted molar refractivity (Wildman–Crippen MR) is 90.0 cm³/mol. The molecule has 0 aliphatic carbocycles. The number of amides is 1. The lowest BCUT2D eigenvalue weighted by molar-refractivity contribution is -0.118. The van der Waals surface area contributed by atoms with Gasteiger partial charge in [-0.2, -0.15) is 5.10 Å². The molecule has 3 aromatic rings. The summed E-state index contributed by atoms with van der Waals surface area (Å²) in [4.78, 5) is 24.1. The predicted octanol–water partition coefficient (Wildman–Crippen LogP) is 1.54. The van der Waals surface area contributed by atoms with E-state index in [0.29, 0.717) is 27.9 Å². The molecule has 0 atom stereocenters. The molecular formula is C15H14ClN7O. The van der Waals surface area contributed by atoms with E-state index in [2.05, 4.69) is 30.7 Å². The van der Waals surface area contributed by atoms with E-state index in [1.54, 1.807) is 48.6 Å². The van der Waals surface area contributed by atoms with Gasteiger partial charge in [-0.05, 0) is 12.1 Å². The Labute approximate surface area is 142 Å². The maximum atomic E-state index is 11.3. The summed E-state index contributed by atoms with van der Waals surface area (Å²) in [6.07, 6.45) is 8.17. The monoisotopic (exact) mass is 343 g/mol. The molecule has 0 radical (unpaired) electrons. The van der Waals surface area contributed by atoms with Crippen LogP contribution in [0.25, 0.3) is 17.1 Å². The van der Waals surface area contributed by atoms with Gasteiger partial charge < -0.3 is 10.6 Å². The van der Waals surface area contributed by atoms with E-state index in [4.69, 9.17) is 11.6 Å². The number of nitrogens with one attached hydrogen (secondary N) is 2. The molecule has 122 valence electrons. The van der Waals surface area contributed by atoms with Crippen LogP contribution in [0.3, 0.4) is 0 Å². The minimum atomic E-state index is -0.142. The van der Waals surface area contributed by atoms with Crippen molar-refractivity contribution in [2.75, 3.05) is 18.9 Å². The lowest BCUT2D eigenvalue weighted by Gasteiger charge is -2.08. The van der Waals surface area contributed by atoms with E-state index in [1.165, 1.54) is 6.20 Å². The largest absolute Gasteiger partial charge is 0.361 e. The summed E-state index contributed by atoms with van der Waals surface area (Å²) in [5.41, 5.74) is 1.27. The Morgan fingerprint density at radius 2 is 2.12 bits per heavy atom. The van der Waals surface area contributed by atoms with Gasteiger partial charge in [0.2, 0.25) is 5.91 Å². The van der Waals surface area contributed by atoms with Crippen LogP contribution in [0.5, 0.6) is 0 Å². The first kappa shape index (κ1) is 15.9. The Kier molecular flexibility index (Phi) is 4.66. The number of pyridine rings is 1. The lowest BCUT2D eigenvalue weighted by Crippen LogP contribution is -2.26. The van der Waals surface area contributed by atoms with Gasteiger partial charge in [-0.1, -0.05) is 11.6 Å². The fourth-order valence-electron chi connectivity index (χ4n) is 1.97. The molecule has 0 spiro atoms. The summed E-state index contributed by atoms with van der Waals surface area (Å²) in [5, 5.41) is 9.99. The van der Waals surface area contributed by atoms with E-state index < -0.39 is 0 Å². The molecule has 0 saturated carbocycles. The maximum Gasteiger partial charge on any atom is 0.239 e. The van der Waals surface area contributed by atoms with Crippen molar-refractivity contribution in [1.82, 2.24) is 30.0 Å². The molecule has 0 bridgehead atoms. The minimum Gasteiger partial charge on any atom is -0.361 e. The number of carbonyl (C=O) groups is 1. The van der Waals surface area contributed by atoms with Gasteiger partial charge in [0.1, 0.15) is 5.82 Å². The molecule has 3 aromatic heterocycles. The molecule has 0 unspecified atom stereocenters. The first-order chi connectivity index (χ1) is 11.7. The SMILES string of the molecule is CNC(=O)CNc1cc(-c2cnc(-n3cccn3)cn2)c(Cl)cn1. The van der Waals surface area contributed by atoms with Crippen LogP contribution in [0, 0.1) is 0 Å². The smallest absolute Gasteiger partial charge is 0.239 e. The second-order valence-corrected chi connectivity index (χ2v) is 5.19. The van der Waals surface area contributed by atoms with Crippen LogP contribution in [0.4, 0.5) is 5.82 Å². The molecule has 1 amide bonds. The Morgan fingerprint density at radius 1 is 1.25 bits per heavy atom. The zero-order valence-electron chi connectivity index (χ0n) is 12.8. The van der Waals surface area contributed by atoms with Crippen LogP contribution in [0.1, 0.15) is 0 Å². The van der Waals surface area contributed by atoms with Gasteiger partial charge in [-0.3, -0.25) is 9.78 Å². The van der Waals surface area contributed by atoms with E-state index in [-0.39, 0.29) is 12.5 Å². The van der Waals surface area contributed by atoms with Crippen molar-refractivity contribution in [3.05, 3.63) is 48.1 Å². The van der Waals surface area contributed by atoms with Gasteiger partial charge in [-0.25, -0.2) is 14.6 Å². The summed E-state index contributed by atoms with van der Waals surface area (Å²) in [6.45, 7) is 0.120. The maximum absolute atomic E-state index is 11.3. The Morgan fingerprint density at radius 3 is 2.79 bits per heavy atom. The quantitative estimate of drug-likeness (QED) is 0.729. The first-order valence-electron chi connectivity index (χ1n) is 7.10. The summed E-state index contributed by atoms with van der Waals surface area (Å²) in [6, 6.07) is 3.53. The van der Waals surface area contributed by atoms with Crippen molar-refractivity contribution in [3.8, 4) is 17.1 Å². The minimum absolute atomic E-state index is 0.120. The third kappa shape index (κ3) is 3.49. The molecule has 0 fully saturated rings. The number of halogens is 1. The highest BCUT2D eigenvalue weighted by molar-refractivity contribution is 6.33. The number of carbonyl (C=O) groups excluding carboxylic acids is 1. The molecular weight excluding hydrogens is 330 g/mol.